The van der Waals surface area contributed by atoms with Crippen LogP contribution >= 0.6 is 0 Å². The van der Waals surface area contributed by atoms with Gasteiger partial charge in [0.15, 0.2) is 0 Å². The minimum absolute atomic E-state index is 0.170. The molecule has 0 aliphatic rings. The van der Waals surface area contributed by atoms with Crippen LogP contribution in [-0.2, 0) is 9.47 Å². The molecule has 0 atom stereocenters. The van der Waals surface area contributed by atoms with Crippen molar-refractivity contribution in [1.29, 1.82) is 0 Å². The fraction of sp³-hybridized carbons (Fsp3) is 0.524. The lowest BCUT2D eigenvalue weighted by Gasteiger charge is -2.32. The molecule has 0 aromatic carbocycles. The van der Waals surface area contributed by atoms with E-state index in [1.54, 1.807) is 55.4 Å². The second kappa shape index (κ2) is 10.7. The Labute approximate surface area is 162 Å². The van der Waals surface area contributed by atoms with E-state index < -0.39 is 23.4 Å². The van der Waals surface area contributed by atoms with Crippen molar-refractivity contribution in [2.75, 3.05) is 6.54 Å². The van der Waals surface area contributed by atoms with E-state index in [4.69, 9.17) is 9.47 Å². The first-order valence-electron chi connectivity index (χ1n) is 8.27. The summed E-state index contributed by atoms with van der Waals surface area (Å²) in [6.07, 6.45) is -1.65. The van der Waals surface area contributed by atoms with Crippen LogP contribution in [0.5, 0.6) is 0 Å². The predicted octanol–water partition coefficient (Wildman–Crippen LogP) is 3.39. The lowest BCUT2D eigenvalue weighted by molar-refractivity contribution is -0.0358. The molecule has 0 bridgehead atoms. The topological polar surface area (TPSA) is 59.1 Å². The van der Waals surface area contributed by atoms with Crippen molar-refractivity contribution in [3.8, 4) is 47.5 Å². The summed E-state index contributed by atoms with van der Waals surface area (Å²) in [4.78, 5) is 25.2. The molecule has 0 radical (unpaired) electrons. The Bertz CT molecular complexity index is 785. The van der Waals surface area contributed by atoms with Gasteiger partial charge in [-0.15, -0.1) is 5.01 Å². The summed E-state index contributed by atoms with van der Waals surface area (Å²) >= 11 is 0. The first-order chi connectivity index (χ1) is 12.4. The zero-order valence-corrected chi connectivity index (χ0v) is 17.2. The second-order valence-electron chi connectivity index (χ2n) is 7.12. The van der Waals surface area contributed by atoms with Gasteiger partial charge in [0, 0.05) is 5.92 Å². The number of hydrazine groups is 1. The lowest BCUT2D eigenvalue weighted by atomic mass is 10.2. The van der Waals surface area contributed by atoms with Crippen LogP contribution in [-0.4, -0.2) is 40.0 Å². The van der Waals surface area contributed by atoms with Gasteiger partial charge in [-0.05, 0) is 73.2 Å². The molecule has 6 heteroatoms. The second-order valence-corrected chi connectivity index (χ2v) is 7.12. The average Bonchev–Trinajstić information content (AvgIpc) is 2.49. The van der Waals surface area contributed by atoms with E-state index in [0.29, 0.717) is 0 Å². The molecular formula is C21H26N2O4. The maximum Gasteiger partial charge on any atom is 0.442 e. The minimum Gasteiger partial charge on any atom is -0.442 e. The summed E-state index contributed by atoms with van der Waals surface area (Å²) in [6, 6.07) is 2.51. The third-order valence-corrected chi connectivity index (χ3v) is 2.27. The molecule has 0 N–H and O–H groups in total. The molecule has 0 aromatic rings. The Balaban J connectivity index is 5.97. The van der Waals surface area contributed by atoms with Crippen LogP contribution in [0.4, 0.5) is 9.59 Å². The Morgan fingerprint density at radius 1 is 0.778 bits per heavy atom. The van der Waals surface area contributed by atoms with Gasteiger partial charge in [-0.1, -0.05) is 17.8 Å². The third-order valence-electron chi connectivity index (χ3n) is 2.27. The summed E-state index contributed by atoms with van der Waals surface area (Å²) in [6.45, 7) is 13.3. The highest BCUT2D eigenvalue weighted by molar-refractivity contribution is 5.76. The zero-order valence-electron chi connectivity index (χ0n) is 17.2. The van der Waals surface area contributed by atoms with Crippen LogP contribution in [0.1, 0.15) is 55.4 Å². The van der Waals surface area contributed by atoms with Gasteiger partial charge < -0.3 is 9.47 Å². The normalized spacial score (nSPS) is 9.48. The maximum atomic E-state index is 12.6. The third kappa shape index (κ3) is 11.1. The van der Waals surface area contributed by atoms with Crippen molar-refractivity contribution < 1.29 is 19.1 Å². The molecule has 27 heavy (non-hydrogen) atoms. The molecule has 0 rings (SSSR count). The minimum atomic E-state index is -0.845. The van der Waals surface area contributed by atoms with E-state index in [1.165, 1.54) is 0 Å². The highest BCUT2D eigenvalue weighted by Gasteiger charge is 2.32. The van der Waals surface area contributed by atoms with E-state index in [-0.39, 0.29) is 6.54 Å². The largest absolute Gasteiger partial charge is 0.442 e. The molecule has 0 fully saturated rings. The zero-order chi connectivity index (χ0) is 21.1. The molecular weight excluding hydrogens is 344 g/mol. The van der Waals surface area contributed by atoms with E-state index in [1.807, 2.05) is 0 Å². The molecule has 0 aromatic heterocycles. The van der Waals surface area contributed by atoms with Crippen molar-refractivity contribution in [1.82, 2.24) is 10.0 Å². The predicted molar refractivity (Wildman–Crippen MR) is 103 cm³/mol. The van der Waals surface area contributed by atoms with Gasteiger partial charge in [0.05, 0.1) is 6.04 Å². The van der Waals surface area contributed by atoms with Crippen LogP contribution in [0.2, 0.25) is 0 Å². The molecule has 0 saturated heterocycles. The Morgan fingerprint density at radius 2 is 1.26 bits per heavy atom. The fourth-order valence-electron chi connectivity index (χ4n) is 1.41. The number of carbonyl (C=O) groups excluding carboxylic acids is 2. The molecule has 0 aliphatic carbocycles. The monoisotopic (exact) mass is 370 g/mol. The quantitative estimate of drug-likeness (QED) is 0.403. The average molecular weight is 370 g/mol. The SMILES string of the molecule is CC#CC#CCN(C(=O)OC(C)(C)C)N(C#CC#CC)C(=O)OC(C)(C)C. The van der Waals surface area contributed by atoms with Gasteiger partial charge in [-0.2, -0.15) is 5.01 Å². The van der Waals surface area contributed by atoms with Gasteiger partial charge in [0.25, 0.3) is 0 Å². The Hall–Kier alpha value is -3.22. The smallest absolute Gasteiger partial charge is 0.442 e. The van der Waals surface area contributed by atoms with Crippen molar-refractivity contribution >= 4 is 12.2 Å². The van der Waals surface area contributed by atoms with Crippen LogP contribution in [0.3, 0.4) is 0 Å². The Kier molecular flexibility index (Phi) is 9.42. The summed E-state index contributed by atoms with van der Waals surface area (Å²) < 4.78 is 10.7. The first kappa shape index (κ1) is 23.8. The lowest BCUT2D eigenvalue weighted by Crippen LogP contribution is -2.50. The van der Waals surface area contributed by atoms with E-state index in [2.05, 4.69) is 47.5 Å². The fourth-order valence-corrected chi connectivity index (χ4v) is 1.41. The van der Waals surface area contributed by atoms with Gasteiger partial charge in [0.2, 0.25) is 0 Å². The number of amides is 2. The van der Waals surface area contributed by atoms with Crippen molar-refractivity contribution in [3.63, 3.8) is 0 Å². The molecule has 0 heterocycles. The van der Waals surface area contributed by atoms with Crippen LogP contribution < -0.4 is 0 Å². The van der Waals surface area contributed by atoms with Gasteiger partial charge in [-0.3, -0.25) is 0 Å². The van der Waals surface area contributed by atoms with Crippen molar-refractivity contribution in [2.45, 2.75) is 66.6 Å². The van der Waals surface area contributed by atoms with Gasteiger partial charge >= 0.3 is 12.2 Å². The highest BCUT2D eigenvalue weighted by atomic mass is 16.6. The molecule has 0 aliphatic heterocycles. The highest BCUT2D eigenvalue weighted by Crippen LogP contribution is 2.15. The molecule has 0 unspecified atom stereocenters. The van der Waals surface area contributed by atoms with Gasteiger partial charge in [-0.25, -0.2) is 9.59 Å². The number of ether oxygens (including phenoxy) is 2. The van der Waals surface area contributed by atoms with E-state index in [0.717, 1.165) is 10.0 Å². The number of hydrogen-bond donors (Lipinski definition) is 0. The summed E-state index contributed by atoms with van der Waals surface area (Å²) in [7, 11) is 0. The van der Waals surface area contributed by atoms with E-state index >= 15 is 0 Å². The number of nitrogens with zero attached hydrogens (tertiary/aromatic N) is 2. The standard InChI is InChI=1S/C21H26N2O4/c1-9-11-13-15-17-23(19(25)27-21(6,7)8)22(16-14-12-10-2)18(24)26-20(3,4)5/h17H2,1-8H3. The number of carbonyl (C=O) groups is 2. The molecule has 0 saturated carbocycles. The molecule has 2 amide bonds. The molecule has 6 nitrogen and oxygen atoms in total. The number of hydrogen-bond acceptors (Lipinski definition) is 4. The number of rotatable bonds is 1. The van der Waals surface area contributed by atoms with Gasteiger partial charge in [0.1, 0.15) is 17.7 Å². The molecule has 0 spiro atoms. The molecule has 144 valence electrons. The summed E-state index contributed by atoms with van der Waals surface area (Å²) in [5, 5.41) is 1.77. The Morgan fingerprint density at radius 3 is 1.74 bits per heavy atom. The summed E-state index contributed by atoms with van der Waals surface area (Å²) in [5.74, 6) is 18.1. The van der Waals surface area contributed by atoms with Crippen LogP contribution in [0.15, 0.2) is 0 Å². The van der Waals surface area contributed by atoms with Crippen molar-refractivity contribution in [3.05, 3.63) is 0 Å². The summed E-state index contributed by atoms with van der Waals surface area (Å²) in [5.41, 5.74) is -1.56. The first-order valence-corrected chi connectivity index (χ1v) is 8.27. The van der Waals surface area contributed by atoms with Crippen LogP contribution in [0.25, 0.3) is 0 Å². The van der Waals surface area contributed by atoms with E-state index in [9.17, 15) is 9.59 Å². The maximum absolute atomic E-state index is 12.6. The van der Waals surface area contributed by atoms with Crippen molar-refractivity contribution in [2.24, 2.45) is 0 Å². The van der Waals surface area contributed by atoms with Crippen LogP contribution in [0, 0.1) is 47.5 Å².